The number of ether oxygens (including phenoxy) is 1. The minimum Gasteiger partial charge on any atom is -0.470 e. The highest BCUT2D eigenvalue weighted by Crippen LogP contribution is 2.25. The summed E-state index contributed by atoms with van der Waals surface area (Å²) in [6, 6.07) is 0. The molecule has 0 N–H and O–H groups in total. The molecular formula is C15H24N4O2. The Balaban J connectivity index is 2.02. The summed E-state index contributed by atoms with van der Waals surface area (Å²) in [5.74, 6) is 1.51. The lowest BCUT2D eigenvalue weighted by atomic mass is 10.3. The minimum absolute atomic E-state index is 0.00553. The molecule has 0 aromatic carbocycles. The van der Waals surface area contributed by atoms with E-state index in [4.69, 9.17) is 4.74 Å². The van der Waals surface area contributed by atoms with E-state index < -0.39 is 0 Å². The fourth-order valence-corrected chi connectivity index (χ4v) is 2.54. The van der Waals surface area contributed by atoms with Gasteiger partial charge in [0, 0.05) is 45.4 Å². The Kier molecular flexibility index (Phi) is 5.36. The second kappa shape index (κ2) is 7.24. The summed E-state index contributed by atoms with van der Waals surface area (Å²) in [6.45, 7) is 6.31. The lowest BCUT2D eigenvalue weighted by Crippen LogP contribution is -2.30. The van der Waals surface area contributed by atoms with E-state index in [1.54, 1.807) is 12.4 Å². The first-order valence-corrected chi connectivity index (χ1v) is 7.62. The topological polar surface area (TPSA) is 58.6 Å². The van der Waals surface area contributed by atoms with Crippen molar-refractivity contribution in [3.05, 3.63) is 12.4 Å². The van der Waals surface area contributed by atoms with Gasteiger partial charge in [0.2, 0.25) is 5.91 Å². The molecule has 0 radical (unpaired) electrons. The number of aromatic nitrogens is 2. The Bertz CT molecular complexity index is 480. The Morgan fingerprint density at radius 1 is 1.43 bits per heavy atom. The standard InChI is InChI=1S/C15H24N4O2/c1-4-9-18(3)14-15(17-8-7-16-14)21-12-6-10-19(11-12)13(20)5-2/h7-8,12H,4-6,9-11H2,1-3H3. The highest BCUT2D eigenvalue weighted by molar-refractivity contribution is 5.76. The fourth-order valence-electron chi connectivity index (χ4n) is 2.54. The molecule has 1 saturated heterocycles. The van der Waals surface area contributed by atoms with Crippen LogP contribution in [0.2, 0.25) is 0 Å². The summed E-state index contributed by atoms with van der Waals surface area (Å²) in [6.07, 6.45) is 5.75. The van der Waals surface area contributed by atoms with Crippen molar-refractivity contribution in [1.29, 1.82) is 0 Å². The van der Waals surface area contributed by atoms with E-state index >= 15 is 0 Å². The van der Waals surface area contributed by atoms with Crippen LogP contribution in [0.5, 0.6) is 5.88 Å². The lowest BCUT2D eigenvalue weighted by molar-refractivity contribution is -0.130. The third-order valence-electron chi connectivity index (χ3n) is 3.65. The molecule has 1 aromatic rings. The first kappa shape index (κ1) is 15.5. The van der Waals surface area contributed by atoms with E-state index in [0.717, 1.165) is 31.7 Å². The number of nitrogens with zero attached hydrogens (tertiary/aromatic N) is 4. The molecule has 0 bridgehead atoms. The highest BCUT2D eigenvalue weighted by Gasteiger charge is 2.28. The smallest absolute Gasteiger partial charge is 0.257 e. The largest absolute Gasteiger partial charge is 0.470 e. The van der Waals surface area contributed by atoms with Crippen LogP contribution in [0.4, 0.5) is 5.82 Å². The minimum atomic E-state index is 0.00553. The van der Waals surface area contributed by atoms with Gasteiger partial charge in [-0.3, -0.25) is 4.79 Å². The number of rotatable bonds is 6. The van der Waals surface area contributed by atoms with Crippen molar-refractivity contribution in [2.45, 2.75) is 39.2 Å². The summed E-state index contributed by atoms with van der Waals surface area (Å²) in [7, 11) is 1.99. The predicted octanol–water partition coefficient (Wildman–Crippen LogP) is 1.71. The number of carbonyl (C=O) groups excluding carboxylic acids is 1. The van der Waals surface area contributed by atoms with Gasteiger partial charge >= 0.3 is 0 Å². The van der Waals surface area contributed by atoms with Gasteiger partial charge in [-0.2, -0.15) is 0 Å². The Hall–Kier alpha value is -1.85. The average molecular weight is 292 g/mol. The molecule has 6 nitrogen and oxygen atoms in total. The molecule has 0 saturated carbocycles. The maximum absolute atomic E-state index is 11.7. The van der Waals surface area contributed by atoms with Crippen LogP contribution in [0.15, 0.2) is 12.4 Å². The van der Waals surface area contributed by atoms with E-state index in [0.29, 0.717) is 18.8 Å². The number of hydrogen-bond donors (Lipinski definition) is 0. The summed E-state index contributed by atoms with van der Waals surface area (Å²) < 4.78 is 5.99. The van der Waals surface area contributed by atoms with Crippen LogP contribution in [0.1, 0.15) is 33.1 Å². The van der Waals surface area contributed by atoms with E-state index in [1.165, 1.54) is 0 Å². The normalized spacial score (nSPS) is 17.9. The predicted molar refractivity (Wildman–Crippen MR) is 81.5 cm³/mol. The first-order valence-electron chi connectivity index (χ1n) is 7.62. The Labute approximate surface area is 126 Å². The Morgan fingerprint density at radius 3 is 2.90 bits per heavy atom. The van der Waals surface area contributed by atoms with Gasteiger partial charge in [-0.25, -0.2) is 9.97 Å². The SMILES string of the molecule is CCCN(C)c1nccnc1OC1CCN(C(=O)CC)C1. The zero-order valence-electron chi connectivity index (χ0n) is 13.1. The van der Waals surface area contributed by atoms with E-state index in [1.807, 2.05) is 23.8 Å². The third kappa shape index (κ3) is 3.83. The zero-order valence-corrected chi connectivity index (χ0v) is 13.1. The summed E-state index contributed by atoms with van der Waals surface area (Å²) >= 11 is 0. The first-order chi connectivity index (χ1) is 10.2. The molecule has 1 aromatic heterocycles. The van der Waals surface area contributed by atoms with Crippen LogP contribution in [-0.2, 0) is 4.79 Å². The van der Waals surface area contributed by atoms with E-state index in [2.05, 4.69) is 16.9 Å². The van der Waals surface area contributed by atoms with Crippen molar-refractivity contribution in [2.75, 3.05) is 31.6 Å². The molecule has 21 heavy (non-hydrogen) atoms. The quantitative estimate of drug-likeness (QED) is 0.799. The summed E-state index contributed by atoms with van der Waals surface area (Å²) in [5.41, 5.74) is 0. The van der Waals surface area contributed by atoms with Crippen molar-refractivity contribution < 1.29 is 9.53 Å². The van der Waals surface area contributed by atoms with Gasteiger partial charge in [0.05, 0.1) is 6.54 Å². The van der Waals surface area contributed by atoms with Crippen molar-refractivity contribution in [3.8, 4) is 5.88 Å². The summed E-state index contributed by atoms with van der Waals surface area (Å²) in [4.78, 5) is 24.3. The number of carbonyl (C=O) groups is 1. The van der Waals surface area contributed by atoms with Crippen LogP contribution in [-0.4, -0.2) is 53.6 Å². The molecule has 1 unspecified atom stereocenters. The molecule has 1 aliphatic rings. The molecule has 1 amide bonds. The van der Waals surface area contributed by atoms with Gasteiger partial charge in [-0.1, -0.05) is 13.8 Å². The molecule has 6 heteroatoms. The molecule has 2 rings (SSSR count). The van der Waals surface area contributed by atoms with Crippen LogP contribution < -0.4 is 9.64 Å². The summed E-state index contributed by atoms with van der Waals surface area (Å²) in [5, 5.41) is 0. The van der Waals surface area contributed by atoms with Crippen LogP contribution >= 0.6 is 0 Å². The number of amides is 1. The fraction of sp³-hybridized carbons (Fsp3) is 0.667. The van der Waals surface area contributed by atoms with Crippen LogP contribution in [0.25, 0.3) is 0 Å². The van der Waals surface area contributed by atoms with Gasteiger partial charge in [0.1, 0.15) is 6.10 Å². The second-order valence-electron chi connectivity index (χ2n) is 5.33. The maximum Gasteiger partial charge on any atom is 0.257 e. The van der Waals surface area contributed by atoms with Crippen molar-refractivity contribution >= 4 is 11.7 Å². The van der Waals surface area contributed by atoms with Gasteiger partial charge in [0.25, 0.3) is 5.88 Å². The van der Waals surface area contributed by atoms with E-state index in [9.17, 15) is 4.79 Å². The van der Waals surface area contributed by atoms with Gasteiger partial charge in [-0.15, -0.1) is 0 Å². The highest BCUT2D eigenvalue weighted by atomic mass is 16.5. The van der Waals surface area contributed by atoms with Gasteiger partial charge in [0.15, 0.2) is 5.82 Å². The van der Waals surface area contributed by atoms with Gasteiger partial charge < -0.3 is 14.5 Å². The molecule has 1 atom stereocenters. The second-order valence-corrected chi connectivity index (χ2v) is 5.33. The van der Waals surface area contributed by atoms with Crippen LogP contribution in [0, 0.1) is 0 Å². The molecule has 2 heterocycles. The Morgan fingerprint density at radius 2 is 2.19 bits per heavy atom. The molecule has 0 spiro atoms. The molecule has 1 fully saturated rings. The monoisotopic (exact) mass is 292 g/mol. The number of anilines is 1. The molecule has 116 valence electrons. The number of likely N-dealkylation sites (tertiary alicyclic amines) is 1. The number of hydrogen-bond acceptors (Lipinski definition) is 5. The van der Waals surface area contributed by atoms with Gasteiger partial charge in [-0.05, 0) is 6.42 Å². The maximum atomic E-state index is 11.7. The molecule has 0 aliphatic carbocycles. The van der Waals surface area contributed by atoms with Crippen molar-refractivity contribution in [1.82, 2.24) is 14.9 Å². The van der Waals surface area contributed by atoms with Crippen molar-refractivity contribution in [3.63, 3.8) is 0 Å². The van der Waals surface area contributed by atoms with E-state index in [-0.39, 0.29) is 12.0 Å². The van der Waals surface area contributed by atoms with Crippen molar-refractivity contribution in [2.24, 2.45) is 0 Å². The third-order valence-corrected chi connectivity index (χ3v) is 3.65. The molecular weight excluding hydrogens is 268 g/mol. The average Bonchev–Trinajstić information content (AvgIpc) is 2.96. The lowest BCUT2D eigenvalue weighted by Gasteiger charge is -2.21. The van der Waals surface area contributed by atoms with Crippen LogP contribution in [0.3, 0.4) is 0 Å². The zero-order chi connectivity index (χ0) is 15.2. The molecule has 1 aliphatic heterocycles.